The molecule has 0 unspecified atom stereocenters. The molecule has 0 atom stereocenters. The number of aliphatic hydroxyl groups is 1. The summed E-state index contributed by atoms with van der Waals surface area (Å²) in [6, 6.07) is 0. The predicted octanol–water partition coefficient (Wildman–Crippen LogP) is -0.918. The zero-order chi connectivity index (χ0) is 2.71. The maximum absolute atomic E-state index is 7.57. The van der Waals surface area contributed by atoms with Crippen LogP contribution in [0.2, 0.25) is 0 Å². The van der Waals surface area contributed by atoms with E-state index in [2.05, 4.69) is 0 Å². The second-order valence-electron chi connectivity index (χ2n) is 0.316. The van der Waals surface area contributed by atoms with Crippen LogP contribution in [0.1, 0.15) is 6.92 Å². The fourth-order valence-corrected chi connectivity index (χ4v) is 0. The minimum atomic E-state index is 0. The Morgan fingerprint density at radius 1 is 1.75 bits per heavy atom. The zero-order valence-electron chi connectivity index (χ0n) is 2.65. The van der Waals surface area contributed by atoms with Gasteiger partial charge in [-0.05, 0) is 6.92 Å². The molecule has 0 radical (unpaired) electrons. The van der Waals surface area contributed by atoms with Crippen LogP contribution in [0.3, 0.4) is 0 Å². The summed E-state index contributed by atoms with van der Waals surface area (Å²) in [5.74, 6) is 0. The molecule has 0 aliphatic heterocycles. The van der Waals surface area contributed by atoms with Gasteiger partial charge in [0.2, 0.25) is 0 Å². The molecule has 0 rings (SSSR count). The van der Waals surface area contributed by atoms with Crippen molar-refractivity contribution >= 4 is 23.7 Å². The second kappa shape index (κ2) is 9.26. The van der Waals surface area contributed by atoms with Crippen LogP contribution < -0.4 is 0 Å². The summed E-state index contributed by atoms with van der Waals surface area (Å²) in [6.45, 7) is 1.93. The summed E-state index contributed by atoms with van der Waals surface area (Å²) in [6.07, 6.45) is 0. The van der Waals surface area contributed by atoms with Crippen molar-refractivity contribution in [3.63, 3.8) is 0 Å². The molecule has 0 aromatic carbocycles. The van der Waals surface area contributed by atoms with Crippen LogP contribution in [-0.2, 0) is 0 Å². The molecule has 0 fully saturated rings. The number of aliphatic hydroxyl groups excluding tert-OH is 1. The van der Waals surface area contributed by atoms with Crippen molar-refractivity contribution in [1.29, 1.82) is 0 Å². The number of rotatable bonds is 0. The van der Waals surface area contributed by atoms with Crippen molar-refractivity contribution in [1.82, 2.24) is 0 Å². The van der Waals surface area contributed by atoms with Gasteiger partial charge in [-0.1, -0.05) is 0 Å². The molecule has 0 aliphatic carbocycles. The van der Waals surface area contributed by atoms with Gasteiger partial charge in [0.1, 0.15) is 0 Å². The van der Waals surface area contributed by atoms with E-state index in [1.165, 1.54) is 0 Å². The molecule has 1 N–H and O–H groups in total. The van der Waals surface area contributed by atoms with Gasteiger partial charge in [0.15, 0.2) is 0 Å². The average molecular weight is 176 g/mol. The van der Waals surface area contributed by atoms with E-state index in [4.69, 9.17) is 5.11 Å². The monoisotopic (exact) mass is 178 g/mol. The van der Waals surface area contributed by atoms with Crippen LogP contribution in [-0.4, -0.2) is 35.4 Å². The molecule has 0 bridgehead atoms. The summed E-state index contributed by atoms with van der Waals surface area (Å²) in [5.41, 5.74) is 0. The molecule has 0 aliphatic rings. The molecule has 0 aromatic heterocycles. The molecule has 0 spiro atoms. The SMILES string of the molecule is CCO.[TeH2]. The summed E-state index contributed by atoms with van der Waals surface area (Å²) in [4.78, 5) is 0. The molecule has 0 saturated carbocycles. The van der Waals surface area contributed by atoms with Gasteiger partial charge >= 0.3 is 23.7 Å². The summed E-state index contributed by atoms with van der Waals surface area (Å²) in [5, 5.41) is 7.57. The van der Waals surface area contributed by atoms with Gasteiger partial charge in [-0.3, -0.25) is 0 Å². The summed E-state index contributed by atoms with van der Waals surface area (Å²) in [7, 11) is 0. The molecule has 4 heavy (non-hydrogen) atoms. The van der Waals surface area contributed by atoms with Crippen molar-refractivity contribution < 1.29 is 5.11 Å². The Hall–Kier alpha value is 0.750. The number of hydrogen-bond donors (Lipinski definition) is 1. The van der Waals surface area contributed by atoms with E-state index in [0.717, 1.165) is 0 Å². The van der Waals surface area contributed by atoms with Crippen LogP contribution in [0, 0.1) is 0 Å². The maximum atomic E-state index is 7.57. The Balaban J connectivity index is 0. The summed E-state index contributed by atoms with van der Waals surface area (Å²) < 4.78 is 0. The first-order chi connectivity index (χ1) is 1.41. The third-order valence-corrected chi connectivity index (χ3v) is 0. The third kappa shape index (κ3) is 15.0. The van der Waals surface area contributed by atoms with Gasteiger partial charge in [-0.15, -0.1) is 0 Å². The fraction of sp³-hybridized carbons (Fsp3) is 1.00. The molecule has 0 saturated heterocycles. The van der Waals surface area contributed by atoms with Crippen LogP contribution in [0.15, 0.2) is 0 Å². The molecule has 0 aromatic rings. The standard InChI is InChI=1S/C2H6O.H2Te/c1-2-3;/h3H,2H2,1H3;1H2. The Labute approximate surface area is 42.7 Å². The van der Waals surface area contributed by atoms with Crippen molar-refractivity contribution in [2.75, 3.05) is 6.61 Å². The van der Waals surface area contributed by atoms with E-state index in [-0.39, 0.29) is 30.3 Å². The quantitative estimate of drug-likeness (QED) is 0.473. The normalized spacial score (nSPS) is 4.50. The van der Waals surface area contributed by atoms with Crippen molar-refractivity contribution in [2.24, 2.45) is 0 Å². The predicted molar refractivity (Wildman–Crippen MR) is 21.3 cm³/mol. The van der Waals surface area contributed by atoms with E-state index in [1.54, 1.807) is 6.92 Å². The van der Waals surface area contributed by atoms with E-state index in [9.17, 15) is 0 Å². The fourth-order valence-electron chi connectivity index (χ4n) is 0. The Morgan fingerprint density at radius 3 is 1.75 bits per heavy atom. The Morgan fingerprint density at radius 2 is 1.75 bits per heavy atom. The van der Waals surface area contributed by atoms with E-state index in [0.29, 0.717) is 0 Å². The third-order valence-electron chi connectivity index (χ3n) is 0. The van der Waals surface area contributed by atoms with Gasteiger partial charge in [0, 0.05) is 6.61 Å². The average Bonchev–Trinajstić information content (AvgIpc) is 0.918. The first-order valence-corrected chi connectivity index (χ1v) is 1.02. The minimum absolute atomic E-state index is 0. The molecule has 1 nitrogen and oxygen atoms in total. The molecule has 0 heterocycles. The topological polar surface area (TPSA) is 20.2 Å². The van der Waals surface area contributed by atoms with Gasteiger partial charge < -0.3 is 5.11 Å². The zero-order valence-corrected chi connectivity index (χ0v) is 5.51. The Kier molecular flexibility index (Phi) is 20.4. The summed E-state index contributed by atoms with van der Waals surface area (Å²) >= 11 is 0. The molecule has 2 heteroatoms. The van der Waals surface area contributed by atoms with Crippen molar-refractivity contribution in [3.05, 3.63) is 0 Å². The Bertz CT molecular complexity index is 6.00. The van der Waals surface area contributed by atoms with E-state index in [1.807, 2.05) is 0 Å². The van der Waals surface area contributed by atoms with Gasteiger partial charge in [-0.25, -0.2) is 0 Å². The van der Waals surface area contributed by atoms with Gasteiger partial charge in [0.25, 0.3) is 0 Å². The first-order valence-electron chi connectivity index (χ1n) is 1.02. The molecule has 28 valence electrons. The van der Waals surface area contributed by atoms with Crippen molar-refractivity contribution in [3.8, 4) is 0 Å². The van der Waals surface area contributed by atoms with E-state index < -0.39 is 0 Å². The molecular weight excluding hydrogens is 168 g/mol. The van der Waals surface area contributed by atoms with Gasteiger partial charge in [-0.2, -0.15) is 0 Å². The van der Waals surface area contributed by atoms with Crippen LogP contribution in [0.25, 0.3) is 0 Å². The van der Waals surface area contributed by atoms with Crippen molar-refractivity contribution in [2.45, 2.75) is 6.92 Å². The van der Waals surface area contributed by atoms with Crippen LogP contribution >= 0.6 is 0 Å². The van der Waals surface area contributed by atoms with Crippen LogP contribution in [0.5, 0.6) is 0 Å². The number of hydrogen-bond acceptors (Lipinski definition) is 1. The first kappa shape index (κ1) is 8.83. The molecule has 0 amide bonds. The van der Waals surface area contributed by atoms with Gasteiger partial charge in [0.05, 0.1) is 0 Å². The van der Waals surface area contributed by atoms with E-state index >= 15 is 0 Å². The second-order valence-corrected chi connectivity index (χ2v) is 0.316. The van der Waals surface area contributed by atoms with Crippen LogP contribution in [0.4, 0.5) is 0 Å². The molecular formula is C2H8OTe.